The lowest BCUT2D eigenvalue weighted by molar-refractivity contribution is 0.411. The molecule has 0 fully saturated rings. The Labute approximate surface area is 96.9 Å². The van der Waals surface area contributed by atoms with Crippen molar-refractivity contribution in [2.45, 2.75) is 0 Å². The van der Waals surface area contributed by atoms with Crippen molar-refractivity contribution in [3.8, 4) is 16.9 Å². The molecule has 88 valence electrons. The van der Waals surface area contributed by atoms with Gasteiger partial charge >= 0.3 is 0 Å². The van der Waals surface area contributed by atoms with Crippen LogP contribution in [0.4, 0.5) is 14.6 Å². The Morgan fingerprint density at radius 3 is 2.53 bits per heavy atom. The van der Waals surface area contributed by atoms with Gasteiger partial charge < -0.3 is 10.5 Å². The summed E-state index contributed by atoms with van der Waals surface area (Å²) in [5.41, 5.74) is 5.83. The molecule has 0 aliphatic carbocycles. The van der Waals surface area contributed by atoms with Gasteiger partial charge in [-0.1, -0.05) is 0 Å². The van der Waals surface area contributed by atoms with Crippen LogP contribution >= 0.6 is 0 Å². The molecule has 0 aliphatic rings. The van der Waals surface area contributed by atoms with E-state index in [-0.39, 0.29) is 11.4 Å². The van der Waals surface area contributed by atoms with Gasteiger partial charge in [-0.15, -0.1) is 0 Å². The normalized spacial score (nSPS) is 10.3. The van der Waals surface area contributed by atoms with Crippen molar-refractivity contribution in [2.75, 3.05) is 12.8 Å². The van der Waals surface area contributed by atoms with Gasteiger partial charge in [0.2, 0.25) is 0 Å². The molecule has 0 bridgehead atoms. The highest BCUT2D eigenvalue weighted by molar-refractivity contribution is 5.65. The molecule has 0 radical (unpaired) electrons. The Bertz CT molecular complexity index is 558. The van der Waals surface area contributed by atoms with Gasteiger partial charge in [0.05, 0.1) is 7.11 Å². The van der Waals surface area contributed by atoms with Crippen molar-refractivity contribution in [3.05, 3.63) is 42.1 Å². The molecule has 1 aromatic carbocycles. The van der Waals surface area contributed by atoms with Crippen LogP contribution in [0.1, 0.15) is 0 Å². The molecule has 0 saturated heterocycles. The lowest BCUT2D eigenvalue weighted by Crippen LogP contribution is -1.96. The molecule has 5 heteroatoms. The molecule has 0 aliphatic heterocycles. The summed E-state index contributed by atoms with van der Waals surface area (Å²) in [6, 6.07) is 5.46. The third-order valence-corrected chi connectivity index (χ3v) is 2.36. The standard InChI is InChI=1S/C12H10F2N2O/c1-17-8-2-3-9(10(13)5-8)7-4-11(14)12(15)16-6-7/h2-6H,1H3,(H2,15,16). The first-order valence-corrected chi connectivity index (χ1v) is 4.86. The number of ether oxygens (including phenoxy) is 1. The van der Waals surface area contributed by atoms with Crippen LogP contribution in [0, 0.1) is 11.6 Å². The quantitative estimate of drug-likeness (QED) is 0.871. The second-order valence-corrected chi connectivity index (χ2v) is 3.44. The number of rotatable bonds is 2. The number of hydrogen-bond donors (Lipinski definition) is 1. The number of halogens is 2. The first-order valence-electron chi connectivity index (χ1n) is 4.86. The largest absolute Gasteiger partial charge is 0.497 e. The van der Waals surface area contributed by atoms with Crippen LogP contribution in [0.15, 0.2) is 30.5 Å². The van der Waals surface area contributed by atoms with Crippen LogP contribution < -0.4 is 10.5 Å². The maximum absolute atomic E-state index is 13.7. The van der Waals surface area contributed by atoms with Gasteiger partial charge in [0.25, 0.3) is 0 Å². The van der Waals surface area contributed by atoms with Gasteiger partial charge in [-0.3, -0.25) is 0 Å². The van der Waals surface area contributed by atoms with E-state index in [1.54, 1.807) is 6.07 Å². The molecule has 3 nitrogen and oxygen atoms in total. The summed E-state index contributed by atoms with van der Waals surface area (Å²) in [6.07, 6.45) is 1.32. The molecule has 0 unspecified atom stereocenters. The van der Waals surface area contributed by atoms with E-state index in [9.17, 15) is 8.78 Å². The number of aromatic nitrogens is 1. The highest BCUT2D eigenvalue weighted by Gasteiger charge is 2.09. The molecule has 0 spiro atoms. The van der Waals surface area contributed by atoms with Gasteiger partial charge in [0.1, 0.15) is 11.6 Å². The molecule has 0 saturated carbocycles. The van der Waals surface area contributed by atoms with Gasteiger partial charge in [-0.25, -0.2) is 13.8 Å². The first kappa shape index (κ1) is 11.3. The van der Waals surface area contributed by atoms with Crippen molar-refractivity contribution in [1.29, 1.82) is 0 Å². The highest BCUT2D eigenvalue weighted by atomic mass is 19.1. The Balaban J connectivity index is 2.49. The van der Waals surface area contributed by atoms with Crippen molar-refractivity contribution in [2.24, 2.45) is 0 Å². The molecule has 17 heavy (non-hydrogen) atoms. The van der Waals surface area contributed by atoms with E-state index in [1.165, 1.54) is 25.4 Å². The average Bonchev–Trinajstić information content (AvgIpc) is 2.32. The summed E-state index contributed by atoms with van der Waals surface area (Å²) in [5.74, 6) is -0.981. The number of pyridine rings is 1. The van der Waals surface area contributed by atoms with E-state index in [2.05, 4.69) is 4.98 Å². The first-order chi connectivity index (χ1) is 8.11. The summed E-state index contributed by atoms with van der Waals surface area (Å²) >= 11 is 0. The van der Waals surface area contributed by atoms with Crippen LogP contribution in [0.5, 0.6) is 5.75 Å². The molecule has 0 atom stereocenters. The molecular weight excluding hydrogens is 226 g/mol. The minimum atomic E-state index is -0.669. The maximum atomic E-state index is 13.7. The highest BCUT2D eigenvalue weighted by Crippen LogP contribution is 2.26. The number of nitrogens with two attached hydrogens (primary N) is 1. The van der Waals surface area contributed by atoms with Crippen LogP contribution in [0.25, 0.3) is 11.1 Å². The minimum Gasteiger partial charge on any atom is -0.497 e. The topological polar surface area (TPSA) is 48.1 Å². The second-order valence-electron chi connectivity index (χ2n) is 3.44. The third kappa shape index (κ3) is 2.18. The number of nitrogens with zero attached hydrogens (tertiary/aromatic N) is 1. The van der Waals surface area contributed by atoms with E-state index in [0.717, 1.165) is 6.07 Å². The summed E-state index contributed by atoms with van der Waals surface area (Å²) in [6.45, 7) is 0. The Morgan fingerprint density at radius 2 is 1.94 bits per heavy atom. The predicted octanol–water partition coefficient (Wildman–Crippen LogP) is 2.62. The fourth-order valence-electron chi connectivity index (χ4n) is 1.45. The SMILES string of the molecule is COc1ccc(-c2cnc(N)c(F)c2)c(F)c1. The van der Waals surface area contributed by atoms with Gasteiger partial charge in [0.15, 0.2) is 11.6 Å². The van der Waals surface area contributed by atoms with Crippen molar-refractivity contribution in [1.82, 2.24) is 4.98 Å². The summed E-state index contributed by atoms with van der Waals surface area (Å²) in [4.78, 5) is 3.64. The maximum Gasteiger partial charge on any atom is 0.165 e. The molecular formula is C12H10F2N2O. The summed E-state index contributed by atoms with van der Waals surface area (Å²) in [5, 5.41) is 0. The van der Waals surface area contributed by atoms with Crippen LogP contribution in [-0.4, -0.2) is 12.1 Å². The zero-order chi connectivity index (χ0) is 12.4. The predicted molar refractivity (Wildman–Crippen MR) is 60.6 cm³/mol. The monoisotopic (exact) mass is 236 g/mol. The molecule has 1 aromatic heterocycles. The van der Waals surface area contributed by atoms with Crippen molar-refractivity contribution < 1.29 is 13.5 Å². The lowest BCUT2D eigenvalue weighted by atomic mass is 10.1. The molecule has 2 aromatic rings. The summed E-state index contributed by atoms with van der Waals surface area (Å²) < 4.78 is 31.8. The smallest absolute Gasteiger partial charge is 0.165 e. The zero-order valence-corrected chi connectivity index (χ0v) is 9.08. The number of methoxy groups -OCH3 is 1. The number of hydrogen-bond acceptors (Lipinski definition) is 3. The molecule has 2 N–H and O–H groups in total. The lowest BCUT2D eigenvalue weighted by Gasteiger charge is -2.06. The second kappa shape index (κ2) is 4.37. The fourth-order valence-corrected chi connectivity index (χ4v) is 1.45. The Morgan fingerprint density at radius 1 is 1.18 bits per heavy atom. The van der Waals surface area contributed by atoms with Gasteiger partial charge in [-0.05, 0) is 18.2 Å². The van der Waals surface area contributed by atoms with E-state index < -0.39 is 11.6 Å². The van der Waals surface area contributed by atoms with E-state index in [1.807, 2.05) is 0 Å². The third-order valence-electron chi connectivity index (χ3n) is 2.36. The van der Waals surface area contributed by atoms with E-state index >= 15 is 0 Å². The fraction of sp³-hybridized carbons (Fsp3) is 0.0833. The number of nitrogen functional groups attached to an aromatic ring is 1. The van der Waals surface area contributed by atoms with Crippen LogP contribution in [0.3, 0.4) is 0 Å². The number of anilines is 1. The van der Waals surface area contributed by atoms with Gasteiger partial charge in [-0.2, -0.15) is 0 Å². The molecule has 1 heterocycles. The Hall–Kier alpha value is -2.17. The van der Waals surface area contributed by atoms with Gasteiger partial charge in [0, 0.05) is 23.4 Å². The van der Waals surface area contributed by atoms with Crippen molar-refractivity contribution in [3.63, 3.8) is 0 Å². The van der Waals surface area contributed by atoms with E-state index in [4.69, 9.17) is 10.5 Å². The van der Waals surface area contributed by atoms with Crippen LogP contribution in [-0.2, 0) is 0 Å². The average molecular weight is 236 g/mol. The minimum absolute atomic E-state index is 0.206. The number of benzene rings is 1. The van der Waals surface area contributed by atoms with E-state index in [0.29, 0.717) is 11.3 Å². The molecule has 0 amide bonds. The van der Waals surface area contributed by atoms with Crippen LogP contribution in [0.2, 0.25) is 0 Å². The van der Waals surface area contributed by atoms with Crippen molar-refractivity contribution >= 4 is 5.82 Å². The summed E-state index contributed by atoms with van der Waals surface area (Å²) in [7, 11) is 1.44. The Kier molecular flexibility index (Phi) is 2.91. The zero-order valence-electron chi connectivity index (χ0n) is 9.08. The molecule has 2 rings (SSSR count).